The molecule has 1 aliphatic rings. The molecule has 27 heavy (non-hydrogen) atoms. The predicted octanol–water partition coefficient (Wildman–Crippen LogP) is 5.62. The summed E-state index contributed by atoms with van der Waals surface area (Å²) < 4.78 is 1.26. The second-order valence-electron chi connectivity index (χ2n) is 7.07. The minimum Gasteiger partial charge on any atom is -0.388 e. The molecule has 1 N–H and O–H groups in total. The van der Waals surface area contributed by atoms with E-state index in [9.17, 15) is 5.11 Å². The number of hydrogen-bond donors (Lipinski definition) is 1. The van der Waals surface area contributed by atoms with E-state index in [2.05, 4.69) is 71.0 Å². The summed E-state index contributed by atoms with van der Waals surface area (Å²) in [7, 11) is 0. The summed E-state index contributed by atoms with van der Waals surface area (Å²) in [6.45, 7) is 3.04. The fourth-order valence-electron chi connectivity index (χ4n) is 3.69. The minimum atomic E-state index is -0.374. The topological polar surface area (TPSA) is 23.5 Å². The average Bonchev–Trinajstić information content (AvgIpc) is 3.12. The van der Waals surface area contributed by atoms with Gasteiger partial charge in [-0.2, -0.15) is 0 Å². The Morgan fingerprint density at radius 1 is 1.04 bits per heavy atom. The van der Waals surface area contributed by atoms with E-state index in [0.717, 1.165) is 44.5 Å². The van der Waals surface area contributed by atoms with Gasteiger partial charge in [-0.1, -0.05) is 60.2 Å². The zero-order chi connectivity index (χ0) is 17.8. The number of fused-ring (bicyclic) bond motifs is 1. The Labute approximate surface area is 171 Å². The molecule has 142 valence electrons. The summed E-state index contributed by atoms with van der Waals surface area (Å²) in [5.74, 6) is 0. The fourth-order valence-corrected chi connectivity index (χ4v) is 4.70. The van der Waals surface area contributed by atoms with E-state index in [1.54, 1.807) is 11.3 Å². The average molecular weight is 400 g/mol. The maximum atomic E-state index is 10.6. The van der Waals surface area contributed by atoms with E-state index in [1.165, 1.54) is 21.2 Å². The Morgan fingerprint density at radius 3 is 2.59 bits per heavy atom. The van der Waals surface area contributed by atoms with Crippen LogP contribution in [0.15, 0.2) is 71.6 Å². The summed E-state index contributed by atoms with van der Waals surface area (Å²) in [5.41, 5.74) is 4.02. The van der Waals surface area contributed by atoms with Crippen LogP contribution in [-0.4, -0.2) is 29.6 Å². The monoisotopic (exact) mass is 399 g/mol. The van der Waals surface area contributed by atoms with Crippen LogP contribution in [0.25, 0.3) is 10.1 Å². The van der Waals surface area contributed by atoms with Crippen molar-refractivity contribution < 1.29 is 5.11 Å². The van der Waals surface area contributed by atoms with Gasteiger partial charge in [0.05, 0.1) is 6.10 Å². The molecule has 1 aliphatic heterocycles. The van der Waals surface area contributed by atoms with Crippen LogP contribution >= 0.6 is 23.7 Å². The van der Waals surface area contributed by atoms with Crippen molar-refractivity contribution >= 4 is 33.8 Å². The van der Waals surface area contributed by atoms with Crippen LogP contribution in [-0.2, 0) is 6.42 Å². The highest BCUT2D eigenvalue weighted by atomic mass is 35.5. The molecule has 1 aromatic heterocycles. The molecule has 0 saturated carbocycles. The summed E-state index contributed by atoms with van der Waals surface area (Å²) in [4.78, 5) is 2.45. The van der Waals surface area contributed by atoms with Crippen molar-refractivity contribution in [3.05, 3.63) is 82.8 Å². The molecule has 1 unspecified atom stereocenters. The molecule has 1 atom stereocenters. The van der Waals surface area contributed by atoms with Gasteiger partial charge in [-0.05, 0) is 47.2 Å². The molecule has 0 spiro atoms. The van der Waals surface area contributed by atoms with E-state index in [4.69, 9.17) is 0 Å². The maximum absolute atomic E-state index is 10.6. The van der Waals surface area contributed by atoms with Gasteiger partial charge in [-0.25, -0.2) is 0 Å². The molecule has 0 saturated heterocycles. The lowest BCUT2D eigenvalue weighted by atomic mass is 9.99. The van der Waals surface area contributed by atoms with E-state index in [0.29, 0.717) is 0 Å². The van der Waals surface area contributed by atoms with Crippen LogP contribution in [0.3, 0.4) is 0 Å². The lowest BCUT2D eigenvalue weighted by Crippen LogP contribution is -2.30. The number of aliphatic hydroxyl groups is 1. The minimum absolute atomic E-state index is 0. The standard InChI is InChI=1S/C23H25NOS.ClH/c25-22(21-17-26-23-9-5-4-8-20(21)23)12-15-24-13-10-19(11-14-24)16-18-6-2-1-3-7-18;/h1-10,17,22,25H,11-16H2;1H. The van der Waals surface area contributed by atoms with Crippen molar-refractivity contribution in [3.63, 3.8) is 0 Å². The quantitative estimate of drug-likeness (QED) is 0.543. The molecule has 4 rings (SSSR count). The van der Waals surface area contributed by atoms with Crippen LogP contribution in [0.4, 0.5) is 0 Å². The second-order valence-corrected chi connectivity index (χ2v) is 7.98. The fraction of sp³-hybridized carbons (Fsp3) is 0.304. The van der Waals surface area contributed by atoms with Crippen molar-refractivity contribution in [1.82, 2.24) is 4.90 Å². The van der Waals surface area contributed by atoms with Crippen LogP contribution in [0, 0.1) is 0 Å². The normalized spacial score (nSPS) is 16.0. The summed E-state index contributed by atoms with van der Waals surface area (Å²) >= 11 is 1.72. The summed E-state index contributed by atoms with van der Waals surface area (Å²) in [5, 5.41) is 14.0. The Morgan fingerprint density at radius 2 is 1.81 bits per heavy atom. The first-order valence-electron chi connectivity index (χ1n) is 9.38. The SMILES string of the molecule is Cl.OC(CCN1CC=C(Cc2ccccc2)CC1)c1csc2ccccc12. The van der Waals surface area contributed by atoms with E-state index in [1.807, 2.05) is 0 Å². The lowest BCUT2D eigenvalue weighted by Gasteiger charge is -2.27. The maximum Gasteiger partial charge on any atom is 0.0816 e. The number of nitrogens with zero attached hydrogens (tertiary/aromatic N) is 1. The Kier molecular flexibility index (Phi) is 7.08. The number of thiophene rings is 1. The smallest absolute Gasteiger partial charge is 0.0816 e. The number of benzene rings is 2. The van der Waals surface area contributed by atoms with Crippen molar-refractivity contribution in [1.29, 1.82) is 0 Å². The van der Waals surface area contributed by atoms with Crippen LogP contribution in [0.2, 0.25) is 0 Å². The third-order valence-corrected chi connectivity index (χ3v) is 6.23. The molecule has 2 aromatic carbocycles. The third-order valence-electron chi connectivity index (χ3n) is 5.25. The molecule has 0 bridgehead atoms. The van der Waals surface area contributed by atoms with Gasteiger partial charge in [0.2, 0.25) is 0 Å². The Hall–Kier alpha value is -1.65. The lowest BCUT2D eigenvalue weighted by molar-refractivity contribution is 0.146. The van der Waals surface area contributed by atoms with Gasteiger partial charge < -0.3 is 5.11 Å². The van der Waals surface area contributed by atoms with Gasteiger partial charge >= 0.3 is 0 Å². The number of hydrogen-bond acceptors (Lipinski definition) is 3. The molecule has 3 aromatic rings. The van der Waals surface area contributed by atoms with Crippen LogP contribution in [0.5, 0.6) is 0 Å². The van der Waals surface area contributed by atoms with Gasteiger partial charge in [0.1, 0.15) is 0 Å². The zero-order valence-corrected chi connectivity index (χ0v) is 17.0. The molecule has 4 heteroatoms. The molecule has 0 radical (unpaired) electrons. The van der Waals surface area contributed by atoms with Gasteiger partial charge in [0.15, 0.2) is 0 Å². The first-order valence-corrected chi connectivity index (χ1v) is 10.3. The van der Waals surface area contributed by atoms with E-state index >= 15 is 0 Å². The molecule has 0 aliphatic carbocycles. The highest BCUT2D eigenvalue weighted by molar-refractivity contribution is 7.17. The van der Waals surface area contributed by atoms with Gasteiger partial charge in [0.25, 0.3) is 0 Å². The second kappa shape index (κ2) is 9.52. The number of rotatable bonds is 6. The van der Waals surface area contributed by atoms with Gasteiger partial charge in [-0.3, -0.25) is 4.90 Å². The number of aliphatic hydroxyl groups excluding tert-OH is 1. The molecule has 0 fully saturated rings. The zero-order valence-electron chi connectivity index (χ0n) is 15.4. The molecule has 0 amide bonds. The van der Waals surface area contributed by atoms with Crippen molar-refractivity contribution in [2.75, 3.05) is 19.6 Å². The molecule has 2 heterocycles. The van der Waals surface area contributed by atoms with E-state index in [-0.39, 0.29) is 18.5 Å². The highest BCUT2D eigenvalue weighted by Gasteiger charge is 2.16. The largest absolute Gasteiger partial charge is 0.388 e. The number of halogens is 1. The van der Waals surface area contributed by atoms with Crippen molar-refractivity contribution in [3.8, 4) is 0 Å². The molecular weight excluding hydrogens is 374 g/mol. The molecule has 2 nitrogen and oxygen atoms in total. The first kappa shape index (κ1) is 20.1. The van der Waals surface area contributed by atoms with Crippen LogP contribution in [0.1, 0.15) is 30.1 Å². The summed E-state index contributed by atoms with van der Waals surface area (Å²) in [6, 6.07) is 19.0. The summed E-state index contributed by atoms with van der Waals surface area (Å²) in [6.07, 6.45) is 5.00. The first-order chi connectivity index (χ1) is 12.8. The Bertz CT molecular complexity index is 890. The predicted molar refractivity (Wildman–Crippen MR) is 118 cm³/mol. The van der Waals surface area contributed by atoms with Gasteiger partial charge in [0, 0.05) is 24.3 Å². The van der Waals surface area contributed by atoms with Crippen molar-refractivity contribution in [2.24, 2.45) is 0 Å². The Balaban J connectivity index is 0.00000210. The van der Waals surface area contributed by atoms with Crippen molar-refractivity contribution in [2.45, 2.75) is 25.4 Å². The highest BCUT2D eigenvalue weighted by Crippen LogP contribution is 2.31. The van der Waals surface area contributed by atoms with E-state index < -0.39 is 0 Å². The van der Waals surface area contributed by atoms with Gasteiger partial charge in [-0.15, -0.1) is 23.7 Å². The molecular formula is C23H26ClNOS. The van der Waals surface area contributed by atoms with Crippen LogP contribution < -0.4 is 0 Å². The third kappa shape index (κ3) is 4.99.